The number of aromatic hydroxyl groups is 1. The number of carbonyl (C=O) groups excluding carboxylic acids is 4. The summed E-state index contributed by atoms with van der Waals surface area (Å²) in [4.78, 5) is 53.2. The van der Waals surface area contributed by atoms with Gasteiger partial charge in [-0.1, -0.05) is 15.9 Å². The zero-order chi connectivity index (χ0) is 30.0. The molecule has 0 fully saturated rings. The zero-order valence-corrected chi connectivity index (χ0v) is 23.5. The van der Waals surface area contributed by atoms with Gasteiger partial charge in [0.2, 0.25) is 5.78 Å². The molecule has 0 aromatic heterocycles. The predicted molar refractivity (Wildman–Crippen MR) is 149 cm³/mol. The number of nitrogens with zero attached hydrogens (tertiary/aromatic N) is 1. The lowest BCUT2D eigenvalue weighted by Crippen LogP contribution is -2.57. The minimum atomic E-state index is -2.67. The number of Topliss-reactive ketones (excluding diaryl/α,β-unsaturated/α-hetero) is 2. The summed E-state index contributed by atoms with van der Waals surface area (Å²) in [5, 5.41) is 46.6. The van der Waals surface area contributed by atoms with E-state index in [-0.39, 0.29) is 41.8 Å². The third kappa shape index (κ3) is 4.41. The number of phenols is 1. The number of ketones is 2. The Balaban J connectivity index is 1.58. The van der Waals surface area contributed by atoms with Crippen molar-refractivity contribution < 1.29 is 44.3 Å². The Kier molecular flexibility index (Phi) is 6.82. The first-order valence-corrected chi connectivity index (χ1v) is 13.3. The molecule has 214 valence electrons. The highest BCUT2D eigenvalue weighted by Gasteiger charge is 2.59. The van der Waals surface area contributed by atoms with Crippen LogP contribution in [0.15, 0.2) is 57.5 Å². The molecular formula is C28H26BrN3O9. The molecule has 0 saturated heterocycles. The summed E-state index contributed by atoms with van der Waals surface area (Å²) in [6, 6.07) is 7.92. The first kappa shape index (κ1) is 28.2. The zero-order valence-electron chi connectivity index (χ0n) is 21.9. The second kappa shape index (κ2) is 9.93. The fraction of sp³-hybridized carbons (Fsp3) is 0.286. The Labute approximate surface area is 241 Å². The number of aliphatic hydroxyl groups excluding tert-OH is 2. The number of hydrogen-bond donors (Lipinski definition) is 6. The molecule has 7 N–H and O–H groups in total. The van der Waals surface area contributed by atoms with Crippen molar-refractivity contribution in [2.45, 2.75) is 24.9 Å². The van der Waals surface area contributed by atoms with E-state index in [1.807, 2.05) is 0 Å². The number of nitrogens with two attached hydrogens (primary N) is 1. The van der Waals surface area contributed by atoms with Gasteiger partial charge in [-0.25, -0.2) is 4.79 Å². The van der Waals surface area contributed by atoms with Crippen LogP contribution in [0.4, 0.5) is 16.2 Å². The van der Waals surface area contributed by atoms with Crippen LogP contribution < -0.4 is 20.7 Å². The predicted octanol–water partition coefficient (Wildman–Crippen LogP) is 3.02. The molecule has 2 aromatic rings. The second-order valence-electron chi connectivity index (χ2n) is 10.4. The number of aliphatic hydroxyl groups is 3. The van der Waals surface area contributed by atoms with Gasteiger partial charge in [0.15, 0.2) is 17.1 Å². The van der Waals surface area contributed by atoms with Crippen molar-refractivity contribution in [2.75, 3.05) is 24.3 Å². The van der Waals surface area contributed by atoms with Gasteiger partial charge < -0.3 is 35.8 Å². The van der Waals surface area contributed by atoms with E-state index in [0.717, 1.165) is 4.47 Å². The highest BCUT2D eigenvalue weighted by atomic mass is 79.9. The second-order valence-corrected chi connectivity index (χ2v) is 11.3. The van der Waals surface area contributed by atoms with E-state index < -0.39 is 63.8 Å². The molecule has 41 heavy (non-hydrogen) atoms. The number of phenolic OH excluding ortho intramolecular Hbond substituents is 1. The topological polar surface area (TPSA) is 200 Å². The number of carbonyl (C=O) groups is 4. The Morgan fingerprint density at radius 1 is 1.12 bits per heavy atom. The van der Waals surface area contributed by atoms with Crippen LogP contribution in [0.1, 0.15) is 28.8 Å². The van der Waals surface area contributed by atoms with Crippen molar-refractivity contribution in [2.24, 2.45) is 17.6 Å². The van der Waals surface area contributed by atoms with Crippen LogP contribution in [0.5, 0.6) is 11.5 Å². The fourth-order valence-electron chi connectivity index (χ4n) is 5.91. The number of allylic oxidation sites excluding steroid dienone is 2. The van der Waals surface area contributed by atoms with Crippen LogP contribution >= 0.6 is 15.9 Å². The average molecular weight is 628 g/mol. The number of anilines is 2. The van der Waals surface area contributed by atoms with Crippen molar-refractivity contribution in [3.8, 4) is 11.5 Å². The minimum Gasteiger partial charge on any atom is -0.511 e. The van der Waals surface area contributed by atoms with Crippen LogP contribution in [0.2, 0.25) is 0 Å². The maximum atomic E-state index is 13.9. The van der Waals surface area contributed by atoms with E-state index in [2.05, 4.69) is 21.2 Å². The lowest BCUT2D eigenvalue weighted by atomic mass is 9.60. The van der Waals surface area contributed by atoms with Gasteiger partial charge in [0.1, 0.15) is 22.8 Å². The van der Waals surface area contributed by atoms with Gasteiger partial charge in [0.05, 0.1) is 11.3 Å². The highest BCUT2D eigenvalue weighted by molar-refractivity contribution is 9.10. The van der Waals surface area contributed by atoms with Crippen molar-refractivity contribution >= 4 is 50.9 Å². The molecule has 0 radical (unpaired) electrons. The number of nitrogens with one attached hydrogen (secondary N) is 1. The van der Waals surface area contributed by atoms with E-state index in [1.54, 1.807) is 43.3 Å². The van der Waals surface area contributed by atoms with Gasteiger partial charge >= 0.3 is 6.09 Å². The van der Waals surface area contributed by atoms with Crippen molar-refractivity contribution in [3.63, 3.8) is 0 Å². The van der Waals surface area contributed by atoms with E-state index in [0.29, 0.717) is 11.3 Å². The van der Waals surface area contributed by atoms with Gasteiger partial charge in [0, 0.05) is 42.2 Å². The summed E-state index contributed by atoms with van der Waals surface area (Å²) in [6.07, 6.45) is -1.12. The number of halogens is 1. The number of hydrogen-bond acceptors (Lipinski definition) is 10. The molecule has 0 aliphatic heterocycles. The van der Waals surface area contributed by atoms with E-state index in [1.165, 1.54) is 6.07 Å². The summed E-state index contributed by atoms with van der Waals surface area (Å²) >= 11 is 3.29. The number of ether oxygens (including phenoxy) is 1. The van der Waals surface area contributed by atoms with Gasteiger partial charge in [-0.3, -0.25) is 19.7 Å². The monoisotopic (exact) mass is 627 g/mol. The smallest absolute Gasteiger partial charge is 0.417 e. The van der Waals surface area contributed by atoms with Crippen molar-refractivity contribution in [3.05, 3.63) is 68.6 Å². The maximum absolute atomic E-state index is 13.9. The standard InChI is InChI=1S/C28H26BrN3O9/c1-32(2)17-10-16(31-27(39)41-14-5-3-13(29)4-6-14)22(34)20-15(17)8-11-7-12-9-18(33)21(26(30)38)25(37)28(12,40)24(36)19(11)23(20)35/h3-6,10-12,33-34,36,40H,7-9H2,1-2H3,(H2,30,38)(H,31,39)/t11-,12+,28+/m1/s1. The van der Waals surface area contributed by atoms with Crippen LogP contribution in [-0.4, -0.2) is 63.7 Å². The Morgan fingerprint density at radius 2 is 1.78 bits per heavy atom. The lowest BCUT2D eigenvalue weighted by molar-refractivity contribution is -0.144. The van der Waals surface area contributed by atoms with Crippen LogP contribution in [0.3, 0.4) is 0 Å². The summed E-state index contributed by atoms with van der Waals surface area (Å²) in [5.41, 5.74) is 1.96. The van der Waals surface area contributed by atoms with E-state index in [4.69, 9.17) is 10.5 Å². The molecule has 0 bridgehead atoms. The molecule has 0 unspecified atom stereocenters. The van der Waals surface area contributed by atoms with Gasteiger partial charge in [-0.2, -0.15) is 0 Å². The van der Waals surface area contributed by atoms with Crippen LogP contribution in [-0.2, 0) is 16.0 Å². The fourth-order valence-corrected chi connectivity index (χ4v) is 6.17. The molecule has 0 spiro atoms. The van der Waals surface area contributed by atoms with Gasteiger partial charge in [-0.05, 0) is 54.7 Å². The lowest BCUT2D eigenvalue weighted by Gasteiger charge is -2.45. The number of amides is 2. The maximum Gasteiger partial charge on any atom is 0.417 e. The number of rotatable bonds is 4. The molecule has 2 amide bonds. The van der Waals surface area contributed by atoms with Crippen LogP contribution in [0.25, 0.3) is 0 Å². The normalized spacial score (nSPS) is 23.4. The average Bonchev–Trinajstić information content (AvgIpc) is 2.88. The van der Waals surface area contributed by atoms with Crippen molar-refractivity contribution in [1.82, 2.24) is 0 Å². The summed E-state index contributed by atoms with van der Waals surface area (Å²) in [5.74, 6) is -7.08. The van der Waals surface area contributed by atoms with Gasteiger partial charge in [0.25, 0.3) is 5.91 Å². The SMILES string of the molecule is CN(C)c1cc(NC(=O)Oc2ccc(Br)cc2)c(O)c2c1C[C@H]1C[C@H]3CC(O)=C(C(N)=O)C(=O)[C@@]3(O)C(O)=C1C2=O. The molecule has 0 heterocycles. The summed E-state index contributed by atoms with van der Waals surface area (Å²) in [7, 11) is 3.41. The Hall–Kier alpha value is -4.36. The number of fused-ring (bicyclic) bond motifs is 3. The first-order valence-electron chi connectivity index (χ1n) is 12.5. The molecule has 3 aliphatic carbocycles. The molecular weight excluding hydrogens is 602 g/mol. The van der Waals surface area contributed by atoms with Crippen molar-refractivity contribution in [1.29, 1.82) is 0 Å². The molecule has 5 rings (SSSR count). The summed E-state index contributed by atoms with van der Waals surface area (Å²) in [6.45, 7) is 0. The highest BCUT2D eigenvalue weighted by Crippen LogP contribution is 2.53. The molecule has 3 atom stereocenters. The molecule has 2 aromatic carbocycles. The molecule has 3 aliphatic rings. The van der Waals surface area contributed by atoms with Crippen LogP contribution in [0, 0.1) is 11.8 Å². The summed E-state index contributed by atoms with van der Waals surface area (Å²) < 4.78 is 6.03. The Bertz CT molecular complexity index is 1600. The van der Waals surface area contributed by atoms with Gasteiger partial charge in [-0.15, -0.1) is 0 Å². The van der Waals surface area contributed by atoms with E-state index in [9.17, 15) is 39.6 Å². The largest absolute Gasteiger partial charge is 0.511 e. The quantitative estimate of drug-likeness (QED) is 0.216. The number of benzene rings is 2. The Morgan fingerprint density at radius 3 is 2.39 bits per heavy atom. The number of primary amides is 1. The third-order valence-corrected chi connectivity index (χ3v) is 8.31. The first-order chi connectivity index (χ1) is 19.2. The molecule has 0 saturated carbocycles. The molecule has 12 nitrogen and oxygen atoms in total. The molecule has 13 heteroatoms. The van der Waals surface area contributed by atoms with E-state index >= 15 is 0 Å². The third-order valence-electron chi connectivity index (χ3n) is 7.78. The minimum absolute atomic E-state index is 0.00998.